The molecule has 0 aliphatic heterocycles. The number of nitrogens with zero attached hydrogens (tertiary/aromatic N) is 2. The first-order valence-corrected chi connectivity index (χ1v) is 13.9. The summed E-state index contributed by atoms with van der Waals surface area (Å²) in [6.45, 7) is 0.246. The van der Waals surface area contributed by atoms with Crippen molar-refractivity contribution in [2.75, 3.05) is 11.9 Å². The van der Waals surface area contributed by atoms with Crippen LogP contribution in [0.5, 0.6) is 11.5 Å². The lowest BCUT2D eigenvalue weighted by atomic mass is 10.1. The molecule has 0 saturated heterocycles. The number of hydrogen-bond acceptors (Lipinski definition) is 7. The van der Waals surface area contributed by atoms with Gasteiger partial charge in [-0.1, -0.05) is 24.3 Å². The first kappa shape index (κ1) is 24.3. The summed E-state index contributed by atoms with van der Waals surface area (Å²) >= 11 is 3.07. The lowest BCUT2D eigenvalue weighted by molar-refractivity contribution is 0.330. The summed E-state index contributed by atoms with van der Waals surface area (Å²) in [7, 11) is 0. The largest absolute Gasteiger partial charge is 0.508 e. The molecule has 0 aliphatic rings. The molecule has 4 aromatic carbocycles. The predicted molar refractivity (Wildman–Crippen MR) is 155 cm³/mol. The minimum atomic E-state index is -0.969. The highest BCUT2D eigenvalue weighted by Crippen LogP contribution is 2.33. The number of aryl methyl sites for hydroxylation is 1. The highest BCUT2D eigenvalue weighted by Gasteiger charge is 2.11. The fourth-order valence-corrected chi connectivity index (χ4v) is 6.28. The minimum absolute atomic E-state index is 0.233. The van der Waals surface area contributed by atoms with Crippen molar-refractivity contribution in [1.29, 1.82) is 0 Å². The van der Waals surface area contributed by atoms with E-state index in [1.54, 1.807) is 35.6 Å². The first-order chi connectivity index (χ1) is 18.5. The van der Waals surface area contributed by atoms with E-state index in [1.807, 2.05) is 60.7 Å². The van der Waals surface area contributed by atoms with Crippen LogP contribution >= 0.6 is 22.7 Å². The summed E-state index contributed by atoms with van der Waals surface area (Å²) < 4.78 is 16.5. The number of aromatic nitrogens is 2. The molecule has 38 heavy (non-hydrogen) atoms. The number of halogens is 1. The summed E-state index contributed by atoms with van der Waals surface area (Å²) in [5.74, 6) is 0.472. The summed E-state index contributed by atoms with van der Waals surface area (Å²) in [4.78, 5) is 9.28. The molecular formula is C30H24FN3O2S2. The van der Waals surface area contributed by atoms with Crippen LogP contribution in [0.25, 0.3) is 41.6 Å². The number of nitrogens with one attached hydrogen (secondary N) is 1. The van der Waals surface area contributed by atoms with E-state index in [4.69, 9.17) is 0 Å². The Morgan fingerprint density at radius 1 is 0.711 bits per heavy atom. The van der Waals surface area contributed by atoms with Crippen molar-refractivity contribution in [2.24, 2.45) is 0 Å². The van der Waals surface area contributed by atoms with Crippen LogP contribution in [-0.2, 0) is 6.42 Å². The van der Waals surface area contributed by atoms with E-state index in [0.29, 0.717) is 12.8 Å². The van der Waals surface area contributed by atoms with Crippen LogP contribution in [0.4, 0.5) is 10.1 Å². The van der Waals surface area contributed by atoms with Gasteiger partial charge < -0.3 is 15.5 Å². The van der Waals surface area contributed by atoms with Crippen molar-refractivity contribution in [1.82, 2.24) is 9.97 Å². The van der Waals surface area contributed by atoms with E-state index in [-0.39, 0.29) is 18.0 Å². The standard InChI is InChI=1S/C30H24FN3O2S2/c31-21(8-3-18-1-4-19(5-2-18)29-33-25-13-11-23(35)15-27(25)37-29)17-32-22-9-6-20(7-10-22)30-34-26-14-12-24(36)16-28(26)38-30/h1-2,4-7,9-16,21,32,35-36H,3,8,17H2/i31-1. The van der Waals surface area contributed by atoms with Gasteiger partial charge in [0.05, 0.1) is 20.4 Å². The summed E-state index contributed by atoms with van der Waals surface area (Å²) in [6, 6.07) is 26.3. The van der Waals surface area contributed by atoms with Crippen molar-refractivity contribution >= 4 is 48.8 Å². The van der Waals surface area contributed by atoms with Crippen LogP contribution in [0.15, 0.2) is 84.9 Å². The third-order valence-electron chi connectivity index (χ3n) is 6.35. The van der Waals surface area contributed by atoms with Gasteiger partial charge in [-0.3, -0.25) is 0 Å². The molecule has 0 bridgehead atoms. The smallest absolute Gasteiger partial charge is 0.124 e. The van der Waals surface area contributed by atoms with Gasteiger partial charge in [-0.25, -0.2) is 14.4 Å². The lowest BCUT2D eigenvalue weighted by Crippen LogP contribution is -2.16. The molecule has 5 nitrogen and oxygen atoms in total. The Labute approximate surface area is 226 Å². The molecule has 8 heteroatoms. The molecule has 1 unspecified atom stereocenters. The van der Waals surface area contributed by atoms with Crippen molar-refractivity contribution < 1.29 is 14.6 Å². The van der Waals surface area contributed by atoms with Gasteiger partial charge in [-0.05, 0) is 79.1 Å². The Hall–Kier alpha value is -4.01. The quantitative estimate of drug-likeness (QED) is 0.182. The Bertz CT molecular complexity index is 1580. The van der Waals surface area contributed by atoms with Gasteiger partial charge in [0.25, 0.3) is 0 Å². The number of rotatable bonds is 8. The summed E-state index contributed by atoms with van der Waals surface area (Å²) in [5, 5.41) is 24.3. The number of anilines is 1. The second-order valence-corrected chi connectivity index (χ2v) is 11.2. The van der Waals surface area contributed by atoms with Gasteiger partial charge in [0, 0.05) is 23.4 Å². The van der Waals surface area contributed by atoms with Gasteiger partial charge in [-0.15, -0.1) is 22.7 Å². The fourth-order valence-electron chi connectivity index (χ4n) is 4.27. The molecule has 0 fully saturated rings. The van der Waals surface area contributed by atoms with E-state index in [0.717, 1.165) is 52.8 Å². The second-order valence-electron chi connectivity index (χ2n) is 9.13. The molecule has 0 radical (unpaired) electrons. The SMILES string of the molecule is Oc1ccc2nc(-c3ccc(CCC([18F])CNc4ccc(-c5nc6ccc(O)cc6s5)cc4)cc3)sc2c1. The first-order valence-electron chi connectivity index (χ1n) is 12.3. The predicted octanol–water partition coefficient (Wildman–Crippen LogP) is 8.03. The molecule has 0 aliphatic carbocycles. The van der Waals surface area contributed by atoms with Crippen LogP contribution in [0.3, 0.4) is 0 Å². The van der Waals surface area contributed by atoms with Crippen molar-refractivity contribution in [3.63, 3.8) is 0 Å². The van der Waals surface area contributed by atoms with Gasteiger partial charge in [-0.2, -0.15) is 0 Å². The van der Waals surface area contributed by atoms with E-state index >= 15 is 0 Å². The zero-order valence-corrected chi connectivity index (χ0v) is 21.9. The molecule has 0 amide bonds. The molecule has 0 saturated carbocycles. The monoisotopic (exact) mass is 540 g/mol. The zero-order chi connectivity index (χ0) is 26.1. The number of hydrogen-bond donors (Lipinski definition) is 3. The van der Waals surface area contributed by atoms with Crippen molar-refractivity contribution in [3.05, 3.63) is 90.5 Å². The Kier molecular flexibility index (Phi) is 6.66. The number of fused-ring (bicyclic) bond motifs is 2. The van der Waals surface area contributed by atoms with E-state index in [2.05, 4.69) is 15.3 Å². The number of phenols is 2. The lowest BCUT2D eigenvalue weighted by Gasteiger charge is -2.11. The van der Waals surface area contributed by atoms with E-state index in [1.165, 1.54) is 11.3 Å². The van der Waals surface area contributed by atoms with Crippen LogP contribution in [0.2, 0.25) is 0 Å². The maximum absolute atomic E-state index is 14.6. The summed E-state index contributed by atoms with van der Waals surface area (Å²) in [5.41, 5.74) is 5.68. The molecule has 0 spiro atoms. The van der Waals surface area contributed by atoms with E-state index < -0.39 is 6.17 Å². The topological polar surface area (TPSA) is 78.3 Å². The van der Waals surface area contributed by atoms with Crippen LogP contribution < -0.4 is 5.32 Å². The summed E-state index contributed by atoms with van der Waals surface area (Å²) in [6.07, 6.45) is 0.120. The molecule has 6 rings (SSSR count). The normalized spacial score (nSPS) is 12.2. The van der Waals surface area contributed by atoms with Crippen LogP contribution in [0.1, 0.15) is 12.0 Å². The van der Waals surface area contributed by atoms with Crippen LogP contribution in [-0.4, -0.2) is 32.9 Å². The third kappa shape index (κ3) is 5.32. The average Bonchev–Trinajstić information content (AvgIpc) is 3.55. The number of thiazole rings is 2. The maximum atomic E-state index is 14.6. The number of benzene rings is 4. The van der Waals surface area contributed by atoms with Gasteiger partial charge >= 0.3 is 0 Å². The molecule has 2 aromatic heterocycles. The molecule has 3 N–H and O–H groups in total. The van der Waals surface area contributed by atoms with Gasteiger partial charge in [0.2, 0.25) is 0 Å². The van der Waals surface area contributed by atoms with E-state index in [9.17, 15) is 14.6 Å². The highest BCUT2D eigenvalue weighted by molar-refractivity contribution is 7.22. The number of alkyl halides is 1. The second kappa shape index (κ2) is 10.4. The van der Waals surface area contributed by atoms with Crippen LogP contribution in [0, 0.1) is 0 Å². The number of phenolic OH excluding ortho intramolecular Hbond substituents is 2. The molecular weight excluding hydrogens is 516 g/mol. The van der Waals surface area contributed by atoms with Crippen molar-refractivity contribution in [3.8, 4) is 32.6 Å². The Morgan fingerprint density at radius 2 is 1.24 bits per heavy atom. The van der Waals surface area contributed by atoms with Crippen molar-refractivity contribution in [2.45, 2.75) is 19.0 Å². The Morgan fingerprint density at radius 3 is 1.79 bits per heavy atom. The maximum Gasteiger partial charge on any atom is 0.124 e. The molecule has 6 aromatic rings. The van der Waals surface area contributed by atoms with Gasteiger partial charge in [0.15, 0.2) is 0 Å². The third-order valence-corrected chi connectivity index (χ3v) is 8.49. The average molecular weight is 541 g/mol. The minimum Gasteiger partial charge on any atom is -0.508 e. The van der Waals surface area contributed by atoms with Gasteiger partial charge in [0.1, 0.15) is 27.7 Å². The molecule has 1 atom stereocenters. The Balaban J connectivity index is 1.01. The fraction of sp³-hybridized carbons (Fsp3) is 0.133. The molecule has 190 valence electrons. The number of aromatic hydroxyl groups is 2. The zero-order valence-electron chi connectivity index (χ0n) is 20.3. The molecule has 2 heterocycles. The highest BCUT2D eigenvalue weighted by atomic mass is 32.1.